The van der Waals surface area contributed by atoms with Crippen molar-refractivity contribution in [3.05, 3.63) is 131 Å². The zero-order chi connectivity index (χ0) is 36.5. The van der Waals surface area contributed by atoms with Gasteiger partial charge in [0.1, 0.15) is 47.3 Å². The Morgan fingerprint density at radius 1 is 0.811 bits per heavy atom. The highest BCUT2D eigenvalue weighted by Crippen LogP contribution is 2.28. The molecule has 0 atom stereocenters. The molecule has 0 radical (unpaired) electrons. The van der Waals surface area contributed by atoms with Crippen molar-refractivity contribution in [2.24, 2.45) is 0 Å². The number of fused-ring (bicyclic) bond motifs is 2. The van der Waals surface area contributed by atoms with E-state index in [-0.39, 0.29) is 46.2 Å². The summed E-state index contributed by atoms with van der Waals surface area (Å²) in [6.07, 6.45) is 11.7. The average Bonchev–Trinajstić information content (AvgIpc) is 3.91. The number of ether oxygens (including phenoxy) is 2. The number of carbonyl (C=O) groups is 2. The summed E-state index contributed by atoms with van der Waals surface area (Å²) in [5, 5.41) is 16.4. The van der Waals surface area contributed by atoms with Crippen LogP contribution in [0.1, 0.15) is 37.7 Å². The van der Waals surface area contributed by atoms with Crippen LogP contribution in [-0.4, -0.2) is 60.9 Å². The summed E-state index contributed by atoms with van der Waals surface area (Å²) in [6.45, 7) is 1.83. The Morgan fingerprint density at radius 3 is 2.09 bits per heavy atom. The second-order valence-corrected chi connectivity index (χ2v) is 12.6. The quantitative estimate of drug-likeness (QED) is 0.162. The van der Waals surface area contributed by atoms with E-state index in [2.05, 4.69) is 50.7 Å². The predicted molar refractivity (Wildman–Crippen MR) is 189 cm³/mol. The van der Waals surface area contributed by atoms with E-state index in [0.29, 0.717) is 32.9 Å². The number of aromatic nitrogens is 10. The highest BCUT2D eigenvalue weighted by molar-refractivity contribution is 7.14. The zero-order valence-electron chi connectivity index (χ0n) is 27.1. The standard InChI is InChI=1S/C34H22ClFN12O4S/c1-18-15-53-34(43-18)46-33(50)26-8-23(13-48-31(26)40-17-42-48)51-21-4-19(9-37-11-21)5-28-27(36)2-3-29(44-28)45-32(49)25-7-24(14-47-30(25)39-16-41-47)52-22-6-20(35)10-38-12-22/h2-4,6-17H,5H2,1H3,(H,43,46,50)(H,44,45,49). The largest absolute Gasteiger partial charge is 0.454 e. The maximum absolute atomic E-state index is 15.1. The Morgan fingerprint density at radius 2 is 1.45 bits per heavy atom. The Hall–Kier alpha value is -6.92. The van der Waals surface area contributed by atoms with Crippen LogP contribution in [0.15, 0.2) is 91.6 Å². The first kappa shape index (κ1) is 33.2. The van der Waals surface area contributed by atoms with Crippen LogP contribution in [0.25, 0.3) is 11.3 Å². The molecule has 0 spiro atoms. The van der Waals surface area contributed by atoms with E-state index in [9.17, 15) is 9.59 Å². The number of thiazole rings is 1. The van der Waals surface area contributed by atoms with Gasteiger partial charge in [0.25, 0.3) is 11.8 Å². The third kappa shape index (κ3) is 7.30. The second-order valence-electron chi connectivity index (χ2n) is 11.3. The monoisotopic (exact) mass is 748 g/mol. The van der Waals surface area contributed by atoms with Crippen LogP contribution in [0, 0.1) is 12.7 Å². The number of hydrogen-bond acceptors (Lipinski definition) is 13. The fourth-order valence-electron chi connectivity index (χ4n) is 5.22. The molecule has 0 saturated heterocycles. The van der Waals surface area contributed by atoms with E-state index >= 15 is 4.39 Å². The predicted octanol–water partition coefficient (Wildman–Crippen LogP) is 6.19. The Bertz CT molecular complexity index is 2680. The average molecular weight is 749 g/mol. The molecule has 0 aliphatic carbocycles. The molecule has 8 rings (SSSR count). The van der Waals surface area contributed by atoms with Gasteiger partial charge >= 0.3 is 0 Å². The van der Waals surface area contributed by atoms with Crippen LogP contribution >= 0.6 is 22.9 Å². The normalized spacial score (nSPS) is 11.2. The minimum absolute atomic E-state index is 0.00810. The molecule has 2 N–H and O–H groups in total. The van der Waals surface area contributed by atoms with E-state index < -0.39 is 17.6 Å². The lowest BCUT2D eigenvalue weighted by atomic mass is 10.1. The number of rotatable bonds is 10. The summed E-state index contributed by atoms with van der Waals surface area (Å²) < 4.78 is 29.8. The van der Waals surface area contributed by atoms with Crippen molar-refractivity contribution in [3.63, 3.8) is 0 Å². The van der Waals surface area contributed by atoms with Crippen molar-refractivity contribution in [2.75, 3.05) is 10.6 Å². The number of hydrogen-bond donors (Lipinski definition) is 2. The third-order valence-corrected chi connectivity index (χ3v) is 8.56. The lowest BCUT2D eigenvalue weighted by Gasteiger charge is -2.11. The van der Waals surface area contributed by atoms with Gasteiger partial charge < -0.3 is 14.8 Å². The number of pyridine rings is 5. The van der Waals surface area contributed by atoms with Gasteiger partial charge in [-0.1, -0.05) is 11.6 Å². The topological polar surface area (TPSA) is 189 Å². The van der Waals surface area contributed by atoms with E-state index in [1.165, 1.54) is 82.1 Å². The molecule has 53 heavy (non-hydrogen) atoms. The number of nitrogens with zero attached hydrogens (tertiary/aromatic N) is 10. The number of aryl methyl sites for hydroxylation is 1. The first-order chi connectivity index (χ1) is 25.7. The molecule has 262 valence electrons. The van der Waals surface area contributed by atoms with E-state index in [0.717, 1.165) is 5.69 Å². The summed E-state index contributed by atoms with van der Waals surface area (Å²) >= 11 is 7.33. The van der Waals surface area contributed by atoms with Gasteiger partial charge in [0.15, 0.2) is 16.4 Å². The van der Waals surface area contributed by atoms with E-state index in [1.54, 1.807) is 24.5 Å². The fraction of sp³-hybridized carbons (Fsp3) is 0.0588. The molecule has 8 heterocycles. The van der Waals surface area contributed by atoms with Crippen LogP contribution in [0.2, 0.25) is 5.02 Å². The molecule has 8 aromatic rings. The molecule has 0 unspecified atom stereocenters. The van der Waals surface area contributed by atoms with Gasteiger partial charge in [-0.05, 0) is 42.8 Å². The Kier molecular flexibility index (Phi) is 8.78. The fourth-order valence-corrected chi connectivity index (χ4v) is 6.06. The number of anilines is 2. The van der Waals surface area contributed by atoms with Gasteiger partial charge in [0.2, 0.25) is 0 Å². The number of nitrogens with one attached hydrogen (secondary N) is 2. The van der Waals surface area contributed by atoms with Gasteiger partial charge in [0, 0.05) is 30.3 Å². The van der Waals surface area contributed by atoms with Gasteiger partial charge in [-0.2, -0.15) is 10.2 Å². The maximum Gasteiger partial charge on any atom is 0.261 e. The first-order valence-electron chi connectivity index (χ1n) is 15.5. The molecule has 0 aliphatic rings. The molecule has 2 amide bonds. The molecule has 0 bridgehead atoms. The van der Waals surface area contributed by atoms with Crippen LogP contribution in [-0.2, 0) is 6.42 Å². The highest BCUT2D eigenvalue weighted by Gasteiger charge is 2.19. The number of amides is 2. The van der Waals surface area contributed by atoms with Gasteiger partial charge in [-0.3, -0.25) is 24.9 Å². The second kappa shape index (κ2) is 14.0. The Labute approximate surface area is 306 Å². The molecular weight excluding hydrogens is 727 g/mol. The molecule has 0 saturated carbocycles. The minimum atomic E-state index is -0.595. The van der Waals surface area contributed by atoms with Crippen molar-refractivity contribution in [1.82, 2.24) is 49.1 Å². The van der Waals surface area contributed by atoms with Gasteiger partial charge in [-0.25, -0.2) is 33.4 Å². The maximum atomic E-state index is 15.1. The van der Waals surface area contributed by atoms with E-state index in [4.69, 9.17) is 21.1 Å². The highest BCUT2D eigenvalue weighted by atomic mass is 35.5. The molecule has 8 aromatic heterocycles. The summed E-state index contributed by atoms with van der Waals surface area (Å²) in [5.41, 5.74) is 2.30. The van der Waals surface area contributed by atoms with Crippen molar-refractivity contribution < 1.29 is 23.5 Å². The molecule has 16 nitrogen and oxygen atoms in total. The van der Waals surface area contributed by atoms with Crippen LogP contribution in [0.4, 0.5) is 15.3 Å². The number of halogens is 2. The van der Waals surface area contributed by atoms with E-state index in [1.807, 2.05) is 12.3 Å². The molecule has 0 aromatic carbocycles. The molecule has 0 fully saturated rings. The minimum Gasteiger partial charge on any atom is -0.454 e. The van der Waals surface area contributed by atoms with Crippen molar-refractivity contribution in [1.29, 1.82) is 0 Å². The summed E-state index contributed by atoms with van der Waals surface area (Å²) in [6, 6.07) is 8.80. The SMILES string of the molecule is Cc1csc(NC(=O)c2cc(Oc3cncc(Cc4nc(NC(=O)c5cc(Oc6cncc(Cl)c6)cn6ncnc56)ccc4F)c3)cn3ncnc23)n1. The zero-order valence-corrected chi connectivity index (χ0v) is 28.7. The first-order valence-corrected chi connectivity index (χ1v) is 16.8. The lowest BCUT2D eigenvalue weighted by molar-refractivity contribution is 0.101. The van der Waals surface area contributed by atoms with Gasteiger partial charge in [0.05, 0.1) is 52.3 Å². The van der Waals surface area contributed by atoms with Crippen molar-refractivity contribution in [2.45, 2.75) is 13.3 Å². The third-order valence-electron chi connectivity index (χ3n) is 7.48. The van der Waals surface area contributed by atoms with Gasteiger partial charge in [-0.15, -0.1) is 11.3 Å². The summed E-state index contributed by atoms with van der Waals surface area (Å²) in [4.78, 5) is 51.9. The summed E-state index contributed by atoms with van der Waals surface area (Å²) in [7, 11) is 0. The van der Waals surface area contributed by atoms with Crippen LogP contribution in [0.5, 0.6) is 23.0 Å². The smallest absolute Gasteiger partial charge is 0.261 e. The van der Waals surface area contributed by atoms with Crippen molar-refractivity contribution >= 4 is 57.0 Å². The summed E-state index contributed by atoms with van der Waals surface area (Å²) in [5.74, 6) is -0.325. The van der Waals surface area contributed by atoms with Crippen LogP contribution < -0.4 is 20.1 Å². The molecule has 19 heteroatoms. The number of carbonyl (C=O) groups excluding carboxylic acids is 2. The molecule has 0 aliphatic heterocycles. The lowest BCUT2D eigenvalue weighted by Crippen LogP contribution is -2.15. The van der Waals surface area contributed by atoms with Crippen molar-refractivity contribution in [3.8, 4) is 23.0 Å². The van der Waals surface area contributed by atoms with Crippen LogP contribution in [0.3, 0.4) is 0 Å². The molecular formula is C34H22ClFN12O4S. The Balaban J connectivity index is 0.997.